The summed E-state index contributed by atoms with van der Waals surface area (Å²) >= 11 is 0. The van der Waals surface area contributed by atoms with Crippen LogP contribution in [-0.4, -0.2) is 67.7 Å². The summed E-state index contributed by atoms with van der Waals surface area (Å²) in [5, 5.41) is 3.02. The second-order valence-electron chi connectivity index (χ2n) is 10.9. The molecule has 2 aromatic carbocycles. The van der Waals surface area contributed by atoms with Crippen molar-refractivity contribution in [3.8, 4) is 0 Å². The number of rotatable bonds is 10. The monoisotopic (exact) mass is 532 g/mol. The Hall–Kier alpha value is -2.43. The number of carbonyl (C=O) groups excluding carboxylic acids is 1. The molecular formula is C29H38F2N2O5. The third kappa shape index (κ3) is 6.76. The highest BCUT2D eigenvalue weighted by atomic mass is 19.2. The van der Waals surface area contributed by atoms with Gasteiger partial charge in [0.15, 0.2) is 23.0 Å². The number of carbonyl (C=O) groups is 1. The summed E-state index contributed by atoms with van der Waals surface area (Å²) in [4.78, 5) is 15.7. The van der Waals surface area contributed by atoms with E-state index in [9.17, 15) is 13.6 Å². The van der Waals surface area contributed by atoms with Gasteiger partial charge in [-0.15, -0.1) is 0 Å². The molecule has 2 aromatic rings. The van der Waals surface area contributed by atoms with E-state index in [0.29, 0.717) is 13.1 Å². The van der Waals surface area contributed by atoms with Gasteiger partial charge in [0.2, 0.25) is 0 Å². The number of nitrogens with zero attached hydrogens (tertiary/aromatic N) is 1. The van der Waals surface area contributed by atoms with Crippen LogP contribution in [-0.2, 0) is 37.0 Å². The van der Waals surface area contributed by atoms with Crippen molar-refractivity contribution < 1.29 is 32.5 Å². The second kappa shape index (κ2) is 11.8. The zero-order chi connectivity index (χ0) is 27.5. The van der Waals surface area contributed by atoms with Gasteiger partial charge in [-0.3, -0.25) is 4.79 Å². The molecule has 1 heterocycles. The van der Waals surface area contributed by atoms with E-state index >= 15 is 0 Å². The number of ether oxygens (including phenoxy) is 4. The molecule has 1 amide bonds. The molecule has 9 heteroatoms. The van der Waals surface area contributed by atoms with Crippen molar-refractivity contribution in [1.29, 1.82) is 0 Å². The molecule has 2 fully saturated rings. The van der Waals surface area contributed by atoms with Gasteiger partial charge in [0.25, 0.3) is 5.91 Å². The molecule has 4 atom stereocenters. The number of likely N-dealkylation sites (N-methyl/N-ethyl adjacent to an activating group) is 1. The van der Waals surface area contributed by atoms with E-state index in [1.54, 1.807) is 13.8 Å². The number of fused-ring (bicyclic) bond motifs is 1. The topological polar surface area (TPSA) is 69.3 Å². The lowest BCUT2D eigenvalue weighted by Crippen LogP contribution is -2.60. The molecule has 208 valence electrons. The van der Waals surface area contributed by atoms with Gasteiger partial charge < -0.3 is 29.2 Å². The average molecular weight is 533 g/mol. The highest BCUT2D eigenvalue weighted by Crippen LogP contribution is 2.44. The molecule has 1 aliphatic carbocycles. The highest BCUT2D eigenvalue weighted by molar-refractivity contribution is 5.85. The van der Waals surface area contributed by atoms with Crippen LogP contribution in [0.5, 0.6) is 0 Å². The Morgan fingerprint density at radius 2 is 1.87 bits per heavy atom. The van der Waals surface area contributed by atoms with Gasteiger partial charge in [0.1, 0.15) is 6.10 Å². The number of hydrogen-bond donors (Lipinski definition) is 1. The third-order valence-corrected chi connectivity index (χ3v) is 6.99. The van der Waals surface area contributed by atoms with Crippen LogP contribution >= 0.6 is 0 Å². The fourth-order valence-corrected chi connectivity index (χ4v) is 5.14. The van der Waals surface area contributed by atoms with Crippen LogP contribution in [0.1, 0.15) is 43.4 Å². The molecule has 0 unspecified atom stereocenters. The van der Waals surface area contributed by atoms with Crippen LogP contribution in [0.25, 0.3) is 0 Å². The minimum absolute atomic E-state index is 0.0898. The number of aryl methyl sites for hydroxylation is 1. The van der Waals surface area contributed by atoms with Crippen molar-refractivity contribution in [3.63, 3.8) is 0 Å². The maximum atomic E-state index is 14.4. The first-order valence-electron chi connectivity index (χ1n) is 13.0. The first-order chi connectivity index (χ1) is 18.0. The van der Waals surface area contributed by atoms with Crippen molar-refractivity contribution in [2.24, 2.45) is 0 Å². The van der Waals surface area contributed by atoms with E-state index in [1.807, 2.05) is 50.2 Å². The summed E-state index contributed by atoms with van der Waals surface area (Å²) in [5.41, 5.74) is 0.848. The van der Waals surface area contributed by atoms with Crippen LogP contribution in [0.4, 0.5) is 8.78 Å². The van der Waals surface area contributed by atoms with Crippen LogP contribution in [0.3, 0.4) is 0 Å². The lowest BCUT2D eigenvalue weighted by atomic mass is 9.78. The van der Waals surface area contributed by atoms with E-state index in [1.165, 1.54) is 12.1 Å². The zero-order valence-electron chi connectivity index (χ0n) is 22.8. The Kier molecular flexibility index (Phi) is 8.84. The molecule has 0 spiro atoms. The van der Waals surface area contributed by atoms with Gasteiger partial charge in [0, 0.05) is 31.5 Å². The maximum Gasteiger partial charge on any atom is 0.252 e. The average Bonchev–Trinajstić information content (AvgIpc) is 3.17. The lowest BCUT2D eigenvalue weighted by molar-refractivity contribution is -0.183. The zero-order valence-corrected chi connectivity index (χ0v) is 22.8. The van der Waals surface area contributed by atoms with Crippen molar-refractivity contribution in [2.45, 2.75) is 76.5 Å². The van der Waals surface area contributed by atoms with Gasteiger partial charge in [-0.25, -0.2) is 8.78 Å². The third-order valence-electron chi connectivity index (χ3n) is 6.99. The molecule has 1 aliphatic heterocycles. The molecule has 1 saturated heterocycles. The lowest BCUT2D eigenvalue weighted by Gasteiger charge is -2.43. The molecule has 2 aliphatic rings. The molecule has 0 aromatic heterocycles. The van der Waals surface area contributed by atoms with Crippen molar-refractivity contribution in [3.05, 3.63) is 70.8 Å². The predicted molar refractivity (Wildman–Crippen MR) is 138 cm³/mol. The normalized spacial score (nSPS) is 26.4. The van der Waals surface area contributed by atoms with Crippen LogP contribution in [0, 0.1) is 18.6 Å². The van der Waals surface area contributed by atoms with Gasteiger partial charge in [0.05, 0.1) is 25.4 Å². The van der Waals surface area contributed by atoms with Crippen LogP contribution < -0.4 is 5.32 Å². The molecule has 7 nitrogen and oxygen atoms in total. The SMILES string of the molecule is Cc1cccc(CO[C@]2(C(=O)NCCN(C)C)C[C@@H](OCc3cccc(F)c3F)[C@@H]3OC(C)(C)O[C@@H]3C2)c1. The minimum Gasteiger partial charge on any atom is -0.370 e. The molecule has 0 radical (unpaired) electrons. The Labute approximate surface area is 223 Å². The molecule has 1 N–H and O–H groups in total. The fourth-order valence-electron chi connectivity index (χ4n) is 5.14. The van der Waals surface area contributed by atoms with Gasteiger partial charge in [-0.2, -0.15) is 0 Å². The first-order valence-corrected chi connectivity index (χ1v) is 13.0. The van der Waals surface area contributed by atoms with E-state index in [-0.39, 0.29) is 37.5 Å². The Bertz CT molecular complexity index is 1130. The Morgan fingerprint density at radius 1 is 1.11 bits per heavy atom. The fraction of sp³-hybridized carbons (Fsp3) is 0.552. The largest absolute Gasteiger partial charge is 0.370 e. The van der Waals surface area contributed by atoms with E-state index in [4.69, 9.17) is 18.9 Å². The summed E-state index contributed by atoms with van der Waals surface area (Å²) in [6.07, 6.45) is -1.20. The standard InChI is InChI=1S/C29H38F2N2O5/c1-19-8-6-9-20(14-19)17-36-29(27(34)32-12-13-33(4)5)15-23(26-24(16-29)37-28(2,3)38-26)35-18-21-10-7-11-22(30)25(21)31/h6-11,14,23-24,26H,12-13,15-18H2,1-5H3,(H,32,34)/t23-,24-,26+,29-/m1/s1. The highest BCUT2D eigenvalue weighted by Gasteiger charge is 2.58. The maximum absolute atomic E-state index is 14.4. The van der Waals surface area contributed by atoms with E-state index < -0.39 is 41.3 Å². The summed E-state index contributed by atoms with van der Waals surface area (Å²) in [6, 6.07) is 11.9. The quantitative estimate of drug-likeness (QED) is 0.497. The molecule has 4 rings (SSSR count). The Morgan fingerprint density at radius 3 is 2.61 bits per heavy atom. The van der Waals surface area contributed by atoms with Crippen molar-refractivity contribution >= 4 is 5.91 Å². The molecule has 0 bridgehead atoms. The van der Waals surface area contributed by atoms with Crippen molar-refractivity contribution in [1.82, 2.24) is 10.2 Å². The molecule has 38 heavy (non-hydrogen) atoms. The summed E-state index contributed by atoms with van der Waals surface area (Å²) < 4.78 is 53.1. The Balaban J connectivity index is 1.61. The van der Waals surface area contributed by atoms with E-state index in [0.717, 1.165) is 17.2 Å². The van der Waals surface area contributed by atoms with Gasteiger partial charge in [-0.1, -0.05) is 42.0 Å². The summed E-state index contributed by atoms with van der Waals surface area (Å²) in [5.74, 6) is -3.04. The van der Waals surface area contributed by atoms with Crippen LogP contribution in [0.15, 0.2) is 42.5 Å². The number of halogens is 2. The first kappa shape index (κ1) is 28.6. The number of nitrogens with one attached hydrogen (secondary N) is 1. The number of amides is 1. The van der Waals surface area contributed by atoms with Gasteiger partial charge in [-0.05, 0) is 46.5 Å². The number of hydrogen-bond acceptors (Lipinski definition) is 6. The second-order valence-corrected chi connectivity index (χ2v) is 10.9. The molecule has 1 saturated carbocycles. The molecular weight excluding hydrogens is 494 g/mol. The smallest absolute Gasteiger partial charge is 0.252 e. The minimum atomic E-state index is -1.27. The summed E-state index contributed by atoms with van der Waals surface area (Å²) in [7, 11) is 3.87. The number of benzene rings is 2. The van der Waals surface area contributed by atoms with Crippen LogP contribution in [0.2, 0.25) is 0 Å². The van der Waals surface area contributed by atoms with Crippen molar-refractivity contribution in [2.75, 3.05) is 27.2 Å². The predicted octanol–water partition coefficient (Wildman–Crippen LogP) is 4.11. The summed E-state index contributed by atoms with van der Waals surface area (Å²) in [6.45, 7) is 6.75. The van der Waals surface area contributed by atoms with E-state index in [2.05, 4.69) is 5.32 Å². The van der Waals surface area contributed by atoms with Gasteiger partial charge >= 0.3 is 0 Å².